The SMILES string of the molecule is CN1C[C@@]2(C(=O)Nc3ccc(Cl)cc32)[C@H](/C(=N/O)c2ccccc2)C1=O. The molecule has 2 atom stereocenters. The van der Waals surface area contributed by atoms with E-state index >= 15 is 0 Å². The minimum atomic E-state index is -1.19. The number of likely N-dealkylation sites (tertiary alicyclic amines) is 1. The van der Waals surface area contributed by atoms with Crippen molar-refractivity contribution in [2.24, 2.45) is 11.1 Å². The molecule has 2 aliphatic heterocycles. The lowest BCUT2D eigenvalue weighted by Crippen LogP contribution is -2.46. The van der Waals surface area contributed by atoms with E-state index in [1.165, 1.54) is 4.90 Å². The number of carbonyl (C=O) groups excluding carboxylic acids is 2. The fraction of sp³-hybridized carbons (Fsp3) is 0.211. The molecule has 6 nitrogen and oxygen atoms in total. The quantitative estimate of drug-likeness (QED) is 0.484. The molecule has 0 radical (unpaired) electrons. The zero-order valence-electron chi connectivity index (χ0n) is 13.9. The first kappa shape index (κ1) is 16.6. The van der Waals surface area contributed by atoms with Gasteiger partial charge >= 0.3 is 0 Å². The summed E-state index contributed by atoms with van der Waals surface area (Å²) in [6.45, 7) is 0.182. The van der Waals surface area contributed by atoms with Crippen LogP contribution < -0.4 is 5.32 Å². The number of hydrogen-bond acceptors (Lipinski definition) is 4. The fourth-order valence-corrected chi connectivity index (χ4v) is 4.18. The summed E-state index contributed by atoms with van der Waals surface area (Å²) in [5, 5.41) is 16.5. The molecular formula is C19H16ClN3O3. The highest BCUT2D eigenvalue weighted by Crippen LogP contribution is 2.49. The first-order valence-electron chi connectivity index (χ1n) is 8.13. The first-order valence-corrected chi connectivity index (χ1v) is 8.50. The summed E-state index contributed by atoms with van der Waals surface area (Å²) in [7, 11) is 1.64. The number of amides is 2. The van der Waals surface area contributed by atoms with Gasteiger partial charge in [0.25, 0.3) is 0 Å². The molecule has 0 unspecified atom stereocenters. The highest BCUT2D eigenvalue weighted by atomic mass is 35.5. The Morgan fingerprint density at radius 2 is 2.00 bits per heavy atom. The molecule has 0 saturated carbocycles. The van der Waals surface area contributed by atoms with E-state index in [0.29, 0.717) is 21.8 Å². The number of hydrogen-bond donors (Lipinski definition) is 2. The van der Waals surface area contributed by atoms with Gasteiger partial charge in [-0.15, -0.1) is 0 Å². The van der Waals surface area contributed by atoms with Crippen molar-refractivity contribution < 1.29 is 14.8 Å². The maximum atomic E-state index is 13.1. The zero-order chi connectivity index (χ0) is 18.5. The molecule has 1 spiro atoms. The van der Waals surface area contributed by atoms with Gasteiger partial charge in [0.15, 0.2) is 0 Å². The van der Waals surface area contributed by atoms with Crippen molar-refractivity contribution in [3.05, 3.63) is 64.7 Å². The molecule has 0 aliphatic carbocycles. The lowest BCUT2D eigenvalue weighted by Gasteiger charge is -2.27. The second kappa shape index (κ2) is 5.85. The summed E-state index contributed by atoms with van der Waals surface area (Å²) in [4.78, 5) is 27.5. The van der Waals surface area contributed by atoms with Gasteiger partial charge in [-0.3, -0.25) is 9.59 Å². The molecule has 2 heterocycles. The van der Waals surface area contributed by atoms with E-state index in [4.69, 9.17) is 11.6 Å². The maximum absolute atomic E-state index is 13.1. The second-order valence-corrected chi connectivity index (χ2v) is 7.03. The van der Waals surface area contributed by atoms with Crippen LogP contribution in [0.15, 0.2) is 53.7 Å². The van der Waals surface area contributed by atoms with E-state index in [0.717, 1.165) is 0 Å². The van der Waals surface area contributed by atoms with Crippen LogP contribution >= 0.6 is 11.6 Å². The van der Waals surface area contributed by atoms with Gasteiger partial charge in [0, 0.05) is 29.9 Å². The highest BCUT2D eigenvalue weighted by molar-refractivity contribution is 6.31. The zero-order valence-corrected chi connectivity index (χ0v) is 14.7. The van der Waals surface area contributed by atoms with Gasteiger partial charge in [-0.05, 0) is 23.8 Å². The number of anilines is 1. The van der Waals surface area contributed by atoms with Crippen molar-refractivity contribution in [2.75, 3.05) is 18.9 Å². The molecule has 132 valence electrons. The van der Waals surface area contributed by atoms with Gasteiger partial charge in [-0.2, -0.15) is 0 Å². The van der Waals surface area contributed by atoms with Crippen LogP contribution in [0.2, 0.25) is 5.02 Å². The van der Waals surface area contributed by atoms with Crippen molar-refractivity contribution in [3.8, 4) is 0 Å². The van der Waals surface area contributed by atoms with Crippen molar-refractivity contribution in [1.82, 2.24) is 4.90 Å². The molecule has 26 heavy (non-hydrogen) atoms. The number of nitrogens with zero attached hydrogens (tertiary/aromatic N) is 2. The minimum Gasteiger partial charge on any atom is -0.411 e. The smallest absolute Gasteiger partial charge is 0.238 e. The minimum absolute atomic E-state index is 0.169. The largest absolute Gasteiger partial charge is 0.411 e. The number of carbonyl (C=O) groups is 2. The van der Waals surface area contributed by atoms with Gasteiger partial charge in [0.05, 0.1) is 0 Å². The van der Waals surface area contributed by atoms with Gasteiger partial charge in [-0.25, -0.2) is 0 Å². The van der Waals surface area contributed by atoms with Crippen LogP contribution in [-0.2, 0) is 15.0 Å². The Hall–Kier alpha value is -2.86. The van der Waals surface area contributed by atoms with E-state index in [2.05, 4.69) is 10.5 Å². The number of halogens is 1. The van der Waals surface area contributed by atoms with Crippen LogP contribution in [0.4, 0.5) is 5.69 Å². The Morgan fingerprint density at radius 1 is 1.27 bits per heavy atom. The van der Waals surface area contributed by atoms with E-state index in [1.807, 2.05) is 6.07 Å². The Balaban J connectivity index is 1.95. The van der Waals surface area contributed by atoms with E-state index < -0.39 is 11.3 Å². The Bertz CT molecular complexity index is 944. The number of likely N-dealkylation sites (N-methyl/N-ethyl adjacent to an activating group) is 1. The van der Waals surface area contributed by atoms with E-state index in [1.54, 1.807) is 49.5 Å². The number of fused-ring (bicyclic) bond motifs is 2. The molecule has 2 N–H and O–H groups in total. The number of nitrogens with one attached hydrogen (secondary N) is 1. The Labute approximate surface area is 155 Å². The Morgan fingerprint density at radius 3 is 2.69 bits per heavy atom. The van der Waals surface area contributed by atoms with Gasteiger partial charge in [-0.1, -0.05) is 47.1 Å². The van der Waals surface area contributed by atoms with Gasteiger partial charge < -0.3 is 15.4 Å². The predicted molar refractivity (Wildman–Crippen MR) is 97.7 cm³/mol. The molecule has 1 saturated heterocycles. The third-order valence-corrected chi connectivity index (χ3v) is 5.40. The monoisotopic (exact) mass is 369 g/mol. The topological polar surface area (TPSA) is 82.0 Å². The van der Waals surface area contributed by atoms with Crippen LogP contribution in [0.1, 0.15) is 11.1 Å². The molecule has 7 heteroatoms. The standard InChI is InChI=1S/C19H16ClN3O3/c1-23-10-19(13-9-12(20)7-8-14(13)21-18(19)25)15(17(23)24)16(22-26)11-5-3-2-4-6-11/h2-9,15,26H,10H2,1H3,(H,21,25)/b22-16+/t15-,19+/m1/s1. The molecule has 2 aromatic carbocycles. The van der Waals surface area contributed by atoms with Gasteiger partial charge in [0.1, 0.15) is 17.0 Å². The van der Waals surface area contributed by atoms with Gasteiger partial charge in [0.2, 0.25) is 11.8 Å². The summed E-state index contributed by atoms with van der Waals surface area (Å²) in [6, 6.07) is 14.0. The summed E-state index contributed by atoms with van der Waals surface area (Å²) < 4.78 is 0. The van der Waals surface area contributed by atoms with Crippen molar-refractivity contribution in [3.63, 3.8) is 0 Å². The number of benzene rings is 2. The fourth-order valence-electron chi connectivity index (χ4n) is 4.01. The van der Waals surface area contributed by atoms with Crippen molar-refractivity contribution in [2.45, 2.75) is 5.41 Å². The van der Waals surface area contributed by atoms with E-state index in [9.17, 15) is 14.8 Å². The number of oxime groups is 1. The van der Waals surface area contributed by atoms with Crippen LogP contribution in [0.5, 0.6) is 0 Å². The third-order valence-electron chi connectivity index (χ3n) is 5.17. The predicted octanol–water partition coefficient (Wildman–Crippen LogP) is 2.50. The molecule has 4 rings (SSSR count). The lowest BCUT2D eigenvalue weighted by molar-refractivity contribution is -0.129. The van der Waals surface area contributed by atoms with E-state index in [-0.39, 0.29) is 24.1 Å². The van der Waals surface area contributed by atoms with Crippen LogP contribution in [0.3, 0.4) is 0 Å². The third kappa shape index (κ3) is 2.15. The first-order chi connectivity index (χ1) is 12.5. The summed E-state index contributed by atoms with van der Waals surface area (Å²) >= 11 is 6.17. The average molecular weight is 370 g/mol. The van der Waals surface area contributed by atoms with Crippen molar-refractivity contribution >= 4 is 34.8 Å². The molecule has 2 aromatic rings. The average Bonchev–Trinajstić information content (AvgIpc) is 3.06. The maximum Gasteiger partial charge on any atom is 0.238 e. The molecule has 0 bridgehead atoms. The second-order valence-electron chi connectivity index (χ2n) is 6.59. The van der Waals surface area contributed by atoms with Crippen LogP contribution in [-0.4, -0.2) is 41.2 Å². The molecular weight excluding hydrogens is 354 g/mol. The number of rotatable bonds is 2. The normalized spacial score (nSPS) is 24.9. The molecule has 2 aliphatic rings. The molecule has 2 amide bonds. The lowest BCUT2D eigenvalue weighted by atomic mass is 9.70. The summed E-state index contributed by atoms with van der Waals surface area (Å²) in [5.41, 5.74) is 0.839. The molecule has 0 aromatic heterocycles. The highest BCUT2D eigenvalue weighted by Gasteiger charge is 2.62. The van der Waals surface area contributed by atoms with Crippen molar-refractivity contribution in [1.29, 1.82) is 0 Å². The molecule has 1 fully saturated rings. The van der Waals surface area contributed by atoms with Crippen LogP contribution in [0.25, 0.3) is 0 Å². The summed E-state index contributed by atoms with van der Waals surface area (Å²) in [5.74, 6) is -1.52. The Kier molecular flexibility index (Phi) is 3.73. The summed E-state index contributed by atoms with van der Waals surface area (Å²) in [6.07, 6.45) is 0. The van der Waals surface area contributed by atoms with Crippen LogP contribution in [0, 0.1) is 5.92 Å².